The third-order valence-electron chi connectivity index (χ3n) is 4.34. The molecule has 0 aliphatic carbocycles. The standard InChI is InChI=1S/C18H18Cl2N2O4S/c19-15-7-11(8-16(20)21-15)5-6-22-12(1-4-17(22)23)9-26-10-13-2-3-14(27-13)18(24)25/h2-3,7-8,12H,1,4-6,9-10H2,(H,24,25)/t12-/m1/s1. The summed E-state index contributed by atoms with van der Waals surface area (Å²) in [6.07, 6.45) is 1.90. The number of rotatable bonds is 8. The van der Waals surface area contributed by atoms with E-state index in [-0.39, 0.29) is 11.9 Å². The molecule has 2 aromatic heterocycles. The summed E-state index contributed by atoms with van der Waals surface area (Å²) < 4.78 is 5.74. The van der Waals surface area contributed by atoms with Crippen LogP contribution in [0.1, 0.15) is 33.0 Å². The minimum Gasteiger partial charge on any atom is -0.477 e. The molecule has 2 aromatic rings. The lowest BCUT2D eigenvalue weighted by molar-refractivity contribution is -0.129. The van der Waals surface area contributed by atoms with E-state index in [2.05, 4.69) is 4.98 Å². The number of carboxylic acids is 1. The van der Waals surface area contributed by atoms with Gasteiger partial charge in [0.1, 0.15) is 15.2 Å². The Balaban J connectivity index is 1.51. The zero-order valence-corrected chi connectivity index (χ0v) is 16.7. The number of aromatic nitrogens is 1. The molecule has 3 heterocycles. The second kappa shape index (κ2) is 9.01. The first kappa shape index (κ1) is 20.1. The van der Waals surface area contributed by atoms with Crippen LogP contribution < -0.4 is 0 Å². The summed E-state index contributed by atoms with van der Waals surface area (Å²) in [6.45, 7) is 1.32. The minimum absolute atomic E-state index is 0.0178. The lowest BCUT2D eigenvalue weighted by atomic mass is 10.2. The molecule has 144 valence electrons. The van der Waals surface area contributed by atoms with Gasteiger partial charge in [0, 0.05) is 17.8 Å². The first-order valence-corrected chi connectivity index (χ1v) is 10.0. The molecule has 0 aromatic carbocycles. The van der Waals surface area contributed by atoms with E-state index < -0.39 is 5.97 Å². The molecule has 0 bridgehead atoms. The number of amides is 1. The van der Waals surface area contributed by atoms with Gasteiger partial charge in [-0.1, -0.05) is 23.2 Å². The van der Waals surface area contributed by atoms with Crippen LogP contribution in [0.15, 0.2) is 24.3 Å². The summed E-state index contributed by atoms with van der Waals surface area (Å²) in [5.41, 5.74) is 0.930. The molecule has 1 N–H and O–H groups in total. The van der Waals surface area contributed by atoms with Crippen molar-refractivity contribution in [2.24, 2.45) is 0 Å². The fourth-order valence-corrected chi connectivity index (χ4v) is 4.34. The number of hydrogen-bond donors (Lipinski definition) is 1. The number of carbonyl (C=O) groups is 2. The topological polar surface area (TPSA) is 79.7 Å². The van der Waals surface area contributed by atoms with Crippen LogP contribution in [0.2, 0.25) is 10.3 Å². The lowest BCUT2D eigenvalue weighted by Crippen LogP contribution is -2.37. The zero-order valence-electron chi connectivity index (χ0n) is 14.4. The molecule has 6 nitrogen and oxygen atoms in total. The molecule has 1 saturated heterocycles. The van der Waals surface area contributed by atoms with Crippen molar-refractivity contribution in [1.82, 2.24) is 9.88 Å². The van der Waals surface area contributed by atoms with Gasteiger partial charge < -0.3 is 14.7 Å². The predicted octanol–water partition coefficient (Wildman–Crippen LogP) is 3.90. The average Bonchev–Trinajstić information content (AvgIpc) is 3.20. The van der Waals surface area contributed by atoms with Gasteiger partial charge in [-0.2, -0.15) is 0 Å². The minimum atomic E-state index is -0.935. The van der Waals surface area contributed by atoms with E-state index in [4.69, 9.17) is 33.0 Å². The normalized spacial score (nSPS) is 16.9. The highest BCUT2D eigenvalue weighted by Crippen LogP contribution is 2.22. The summed E-state index contributed by atoms with van der Waals surface area (Å²) in [6, 6.07) is 6.83. The van der Waals surface area contributed by atoms with Crippen LogP contribution >= 0.6 is 34.5 Å². The van der Waals surface area contributed by atoms with E-state index in [1.807, 2.05) is 4.90 Å². The van der Waals surface area contributed by atoms with Crippen LogP contribution in [0.5, 0.6) is 0 Å². The fraction of sp³-hybridized carbons (Fsp3) is 0.389. The van der Waals surface area contributed by atoms with Crippen molar-refractivity contribution in [3.63, 3.8) is 0 Å². The Hall–Kier alpha value is -1.67. The summed E-state index contributed by atoms with van der Waals surface area (Å²) in [5.74, 6) is -0.825. The Morgan fingerprint density at radius 1 is 1.33 bits per heavy atom. The number of thiophene rings is 1. The maximum Gasteiger partial charge on any atom is 0.345 e. The Kier molecular flexibility index (Phi) is 6.70. The van der Waals surface area contributed by atoms with Crippen molar-refractivity contribution in [3.05, 3.63) is 49.9 Å². The number of hydrogen-bond acceptors (Lipinski definition) is 5. The fourth-order valence-electron chi connectivity index (χ4n) is 3.05. The summed E-state index contributed by atoms with van der Waals surface area (Å²) in [5, 5.41) is 9.62. The maximum atomic E-state index is 12.2. The molecule has 9 heteroatoms. The number of likely N-dealkylation sites (tertiary alicyclic amines) is 1. The van der Waals surface area contributed by atoms with Crippen LogP contribution in [0, 0.1) is 0 Å². The summed E-state index contributed by atoms with van der Waals surface area (Å²) in [4.78, 5) is 30.0. The smallest absolute Gasteiger partial charge is 0.345 e. The molecule has 0 spiro atoms. The Labute approximate surface area is 170 Å². The summed E-state index contributed by atoms with van der Waals surface area (Å²) in [7, 11) is 0. The predicted molar refractivity (Wildman–Crippen MR) is 104 cm³/mol. The molecular weight excluding hydrogens is 411 g/mol. The number of aromatic carboxylic acids is 1. The highest BCUT2D eigenvalue weighted by atomic mass is 35.5. The van der Waals surface area contributed by atoms with Gasteiger partial charge in [0.05, 0.1) is 19.3 Å². The molecule has 1 atom stereocenters. The van der Waals surface area contributed by atoms with Crippen LogP contribution in [0.25, 0.3) is 0 Å². The number of halogens is 2. The van der Waals surface area contributed by atoms with Crippen molar-refractivity contribution in [2.45, 2.75) is 31.9 Å². The van der Waals surface area contributed by atoms with Gasteiger partial charge in [-0.05, 0) is 42.7 Å². The van der Waals surface area contributed by atoms with Gasteiger partial charge in [-0.15, -0.1) is 11.3 Å². The van der Waals surface area contributed by atoms with Gasteiger partial charge in [-0.3, -0.25) is 4.79 Å². The van der Waals surface area contributed by atoms with Crippen LogP contribution in [0.4, 0.5) is 0 Å². The van der Waals surface area contributed by atoms with Gasteiger partial charge in [0.15, 0.2) is 0 Å². The van der Waals surface area contributed by atoms with Gasteiger partial charge in [0.25, 0.3) is 0 Å². The molecule has 0 saturated carbocycles. The van der Waals surface area contributed by atoms with Crippen molar-refractivity contribution >= 4 is 46.4 Å². The van der Waals surface area contributed by atoms with Crippen molar-refractivity contribution < 1.29 is 19.4 Å². The Morgan fingerprint density at radius 2 is 2.07 bits per heavy atom. The first-order valence-electron chi connectivity index (χ1n) is 8.43. The Morgan fingerprint density at radius 3 is 2.74 bits per heavy atom. The SMILES string of the molecule is O=C(O)c1ccc(COC[C@H]2CCC(=O)N2CCc2cc(Cl)nc(Cl)c2)s1. The second-order valence-corrected chi connectivity index (χ2v) is 8.18. The van der Waals surface area contributed by atoms with Gasteiger partial charge >= 0.3 is 5.97 Å². The number of nitrogens with zero attached hydrogens (tertiary/aromatic N) is 2. The first-order chi connectivity index (χ1) is 12.9. The van der Waals surface area contributed by atoms with Crippen molar-refractivity contribution in [1.29, 1.82) is 0 Å². The van der Waals surface area contributed by atoms with Crippen molar-refractivity contribution in [2.75, 3.05) is 13.2 Å². The summed E-state index contributed by atoms with van der Waals surface area (Å²) >= 11 is 13.0. The molecular formula is C18H18Cl2N2O4S. The van der Waals surface area contributed by atoms with E-state index in [1.54, 1.807) is 24.3 Å². The van der Waals surface area contributed by atoms with Gasteiger partial charge in [0.2, 0.25) is 5.91 Å². The second-order valence-electron chi connectivity index (χ2n) is 6.24. The molecule has 0 unspecified atom stereocenters. The third kappa shape index (κ3) is 5.42. The molecule has 1 fully saturated rings. The quantitative estimate of drug-likeness (QED) is 0.644. The van der Waals surface area contributed by atoms with Gasteiger partial charge in [-0.25, -0.2) is 9.78 Å². The molecule has 0 radical (unpaired) electrons. The third-order valence-corrected chi connectivity index (χ3v) is 5.78. The molecule has 1 amide bonds. The Bertz CT molecular complexity index is 822. The molecule has 1 aliphatic heterocycles. The number of carboxylic acid groups (broad SMARTS) is 1. The molecule has 27 heavy (non-hydrogen) atoms. The highest BCUT2D eigenvalue weighted by molar-refractivity contribution is 7.13. The lowest BCUT2D eigenvalue weighted by Gasteiger charge is -2.24. The van der Waals surface area contributed by atoms with Crippen LogP contribution in [-0.4, -0.2) is 46.1 Å². The van der Waals surface area contributed by atoms with Crippen molar-refractivity contribution in [3.8, 4) is 0 Å². The highest BCUT2D eigenvalue weighted by Gasteiger charge is 2.30. The number of ether oxygens (including phenoxy) is 1. The van der Waals surface area contributed by atoms with Crippen LogP contribution in [-0.2, 0) is 22.6 Å². The maximum absolute atomic E-state index is 12.2. The van der Waals surface area contributed by atoms with E-state index >= 15 is 0 Å². The average molecular weight is 429 g/mol. The zero-order chi connectivity index (χ0) is 19.4. The van der Waals surface area contributed by atoms with E-state index in [0.717, 1.165) is 16.9 Å². The van der Waals surface area contributed by atoms with E-state index in [9.17, 15) is 9.59 Å². The number of carbonyl (C=O) groups excluding carboxylic acids is 1. The monoisotopic (exact) mass is 428 g/mol. The van der Waals surface area contributed by atoms with E-state index in [1.165, 1.54) is 11.3 Å². The van der Waals surface area contributed by atoms with E-state index in [0.29, 0.717) is 47.8 Å². The van der Waals surface area contributed by atoms with Crippen LogP contribution in [0.3, 0.4) is 0 Å². The molecule has 1 aliphatic rings. The largest absolute Gasteiger partial charge is 0.477 e. The number of pyridine rings is 1. The molecule has 3 rings (SSSR count).